The second-order valence-electron chi connectivity index (χ2n) is 7.95. The first kappa shape index (κ1) is 18.1. The summed E-state index contributed by atoms with van der Waals surface area (Å²) < 4.78 is 11.7. The third-order valence-corrected chi connectivity index (χ3v) is 12.0. The Morgan fingerprint density at radius 3 is 1.67 bits per heavy atom. The fourth-order valence-corrected chi connectivity index (χ4v) is 4.01. The third kappa shape index (κ3) is 4.36. The second-order valence-corrected chi connectivity index (χ2v) is 13.9. The van der Waals surface area contributed by atoms with Crippen molar-refractivity contribution < 1.29 is 9.47 Å². The van der Waals surface area contributed by atoms with E-state index in [2.05, 4.69) is 61.6 Å². The fraction of sp³-hybridized carbons (Fsp3) is 1.00. The van der Waals surface area contributed by atoms with Crippen LogP contribution in [0.3, 0.4) is 0 Å². The molecule has 0 spiro atoms. The summed E-state index contributed by atoms with van der Waals surface area (Å²) in [6.45, 7) is 21.3. The van der Waals surface area contributed by atoms with Crippen molar-refractivity contribution in [2.75, 3.05) is 13.7 Å². The van der Waals surface area contributed by atoms with Gasteiger partial charge >= 0.3 is 0 Å². The van der Waals surface area contributed by atoms with Gasteiger partial charge in [0.2, 0.25) is 0 Å². The Morgan fingerprint density at radius 2 is 1.33 bits per heavy atom. The maximum atomic E-state index is 6.24. The zero-order valence-corrected chi connectivity index (χ0v) is 15.2. The van der Waals surface area contributed by atoms with Crippen LogP contribution in [0.1, 0.15) is 54.9 Å². The molecule has 0 amide bonds. The summed E-state index contributed by atoms with van der Waals surface area (Å²) in [7, 11) is 0.261. The maximum Gasteiger partial charge on any atom is 0.0900 e. The van der Waals surface area contributed by atoms with E-state index in [0.29, 0.717) is 5.04 Å². The lowest BCUT2D eigenvalue weighted by atomic mass is 10.1. The molecular weight excluding hydrogens is 240 g/mol. The van der Waals surface area contributed by atoms with E-state index in [0.717, 1.165) is 13.0 Å². The van der Waals surface area contributed by atoms with Crippen LogP contribution < -0.4 is 0 Å². The van der Waals surface area contributed by atoms with Crippen molar-refractivity contribution in [3.8, 4) is 0 Å². The molecule has 0 unspecified atom stereocenters. The quantitative estimate of drug-likeness (QED) is 0.657. The van der Waals surface area contributed by atoms with Gasteiger partial charge in [0, 0.05) is 13.7 Å². The smallest absolute Gasteiger partial charge is 0.0900 e. The highest BCUT2D eigenvalue weighted by molar-refractivity contribution is 6.82. The van der Waals surface area contributed by atoms with Gasteiger partial charge in [-0.25, -0.2) is 0 Å². The van der Waals surface area contributed by atoms with Crippen LogP contribution in [0, 0.1) is 0 Å². The molecule has 0 aromatic heterocycles. The van der Waals surface area contributed by atoms with Gasteiger partial charge in [0.05, 0.1) is 18.9 Å². The largest absolute Gasteiger partial charge is 0.379 e. The molecule has 0 radical (unpaired) electrons. The van der Waals surface area contributed by atoms with Gasteiger partial charge in [-0.1, -0.05) is 33.9 Å². The van der Waals surface area contributed by atoms with E-state index >= 15 is 0 Å². The van der Waals surface area contributed by atoms with E-state index in [-0.39, 0.29) is 10.8 Å². The van der Waals surface area contributed by atoms with Crippen molar-refractivity contribution in [1.82, 2.24) is 0 Å². The molecule has 0 atom stereocenters. The van der Waals surface area contributed by atoms with Crippen molar-refractivity contribution in [3.63, 3.8) is 0 Å². The van der Waals surface area contributed by atoms with E-state index < -0.39 is 8.07 Å². The molecule has 0 heterocycles. The highest BCUT2D eigenvalue weighted by Gasteiger charge is 2.48. The maximum absolute atomic E-state index is 6.24. The van der Waals surface area contributed by atoms with Gasteiger partial charge in [-0.15, -0.1) is 0 Å². The number of methoxy groups -OCH3 is 1. The number of hydrogen-bond acceptors (Lipinski definition) is 2. The topological polar surface area (TPSA) is 18.5 Å². The fourth-order valence-electron chi connectivity index (χ4n) is 1.74. The van der Waals surface area contributed by atoms with Gasteiger partial charge in [0.25, 0.3) is 0 Å². The summed E-state index contributed by atoms with van der Waals surface area (Å²) in [4.78, 5) is 0. The van der Waals surface area contributed by atoms with Crippen LogP contribution in [0.25, 0.3) is 0 Å². The Morgan fingerprint density at radius 1 is 0.889 bits per heavy atom. The van der Waals surface area contributed by atoms with Gasteiger partial charge in [-0.05, 0) is 39.2 Å². The summed E-state index contributed by atoms with van der Waals surface area (Å²) in [5, 5.41) is 0.322. The normalized spacial score (nSPS) is 15.0. The van der Waals surface area contributed by atoms with Gasteiger partial charge < -0.3 is 9.47 Å². The molecule has 3 heteroatoms. The molecule has 0 saturated carbocycles. The van der Waals surface area contributed by atoms with Crippen LogP contribution in [0.2, 0.25) is 18.1 Å². The first-order valence-electron chi connectivity index (χ1n) is 6.96. The Labute approximate surface area is 115 Å². The number of hydrogen-bond donors (Lipinski definition) is 0. The predicted molar refractivity (Wildman–Crippen MR) is 82.9 cm³/mol. The highest BCUT2D eigenvalue weighted by atomic mass is 28.3. The van der Waals surface area contributed by atoms with Crippen LogP contribution in [0.15, 0.2) is 0 Å². The SMILES string of the molecule is COC(C)(C)CCOC(C)(C)[Si](C)(C)C(C)(C)C. The van der Waals surface area contributed by atoms with Crippen LogP contribution in [-0.4, -0.2) is 32.6 Å². The Bertz CT molecular complexity index is 262. The van der Waals surface area contributed by atoms with E-state index in [1.54, 1.807) is 7.11 Å². The predicted octanol–water partition coefficient (Wildman–Crippen LogP) is 4.64. The molecule has 0 saturated heterocycles. The lowest BCUT2D eigenvalue weighted by Crippen LogP contribution is -2.58. The number of rotatable bonds is 6. The van der Waals surface area contributed by atoms with Crippen LogP contribution in [0.4, 0.5) is 0 Å². The summed E-state index contributed by atoms with van der Waals surface area (Å²) in [5.74, 6) is 0. The van der Waals surface area contributed by atoms with Gasteiger partial charge in [-0.2, -0.15) is 0 Å². The Hall–Kier alpha value is 0.137. The molecule has 0 bridgehead atoms. The average molecular weight is 275 g/mol. The average Bonchev–Trinajstić information content (AvgIpc) is 2.15. The molecule has 0 N–H and O–H groups in total. The molecule has 18 heavy (non-hydrogen) atoms. The lowest BCUT2D eigenvalue weighted by Gasteiger charge is -2.48. The first-order chi connectivity index (χ1) is 7.77. The monoisotopic (exact) mass is 274 g/mol. The molecule has 2 nitrogen and oxygen atoms in total. The van der Waals surface area contributed by atoms with E-state index in [9.17, 15) is 0 Å². The van der Waals surface area contributed by atoms with Gasteiger partial charge in [-0.3, -0.25) is 0 Å². The number of ether oxygens (including phenoxy) is 2. The van der Waals surface area contributed by atoms with Crippen LogP contribution in [0.5, 0.6) is 0 Å². The molecule has 0 aromatic rings. The standard InChI is InChI=1S/C15H34O2Si/c1-13(2,3)18(9,10)15(6,7)17-12-11-14(4,5)16-8/h11-12H2,1-10H3. The zero-order chi connectivity index (χ0) is 14.8. The zero-order valence-electron chi connectivity index (χ0n) is 14.2. The summed E-state index contributed by atoms with van der Waals surface area (Å²) in [6, 6.07) is 0. The Balaban J connectivity index is 4.59. The highest BCUT2D eigenvalue weighted by Crippen LogP contribution is 2.44. The molecule has 0 fully saturated rings. The van der Waals surface area contributed by atoms with Gasteiger partial charge in [0.15, 0.2) is 0 Å². The van der Waals surface area contributed by atoms with Gasteiger partial charge in [0.1, 0.15) is 0 Å². The van der Waals surface area contributed by atoms with Crippen molar-refractivity contribution in [1.29, 1.82) is 0 Å². The first-order valence-corrected chi connectivity index (χ1v) is 9.96. The summed E-state index contributed by atoms with van der Waals surface area (Å²) in [6.07, 6.45) is 0.932. The molecule has 0 aliphatic rings. The van der Waals surface area contributed by atoms with Crippen LogP contribution in [-0.2, 0) is 9.47 Å². The molecule has 0 aliphatic carbocycles. The second kappa shape index (κ2) is 5.64. The molecule has 0 aliphatic heterocycles. The molecule has 0 rings (SSSR count). The van der Waals surface area contributed by atoms with Crippen molar-refractivity contribution >= 4 is 8.07 Å². The summed E-state index contributed by atoms with van der Waals surface area (Å²) >= 11 is 0. The minimum Gasteiger partial charge on any atom is -0.379 e. The van der Waals surface area contributed by atoms with Crippen molar-refractivity contribution in [2.45, 2.75) is 83.8 Å². The Kier molecular flexibility index (Phi) is 5.68. The minimum absolute atomic E-state index is 0.0188. The van der Waals surface area contributed by atoms with E-state index in [1.165, 1.54) is 0 Å². The minimum atomic E-state index is -1.50. The third-order valence-electron chi connectivity index (χ3n) is 5.10. The lowest BCUT2D eigenvalue weighted by molar-refractivity contribution is -0.0337. The van der Waals surface area contributed by atoms with E-state index in [4.69, 9.17) is 9.47 Å². The summed E-state index contributed by atoms with van der Waals surface area (Å²) in [5.41, 5.74) is -0.0937. The molecule has 0 aromatic carbocycles. The van der Waals surface area contributed by atoms with Crippen molar-refractivity contribution in [2.24, 2.45) is 0 Å². The molecular formula is C15H34O2Si. The van der Waals surface area contributed by atoms with Crippen LogP contribution >= 0.6 is 0 Å². The van der Waals surface area contributed by atoms with E-state index in [1.807, 2.05) is 0 Å². The van der Waals surface area contributed by atoms with Crippen molar-refractivity contribution in [3.05, 3.63) is 0 Å². The molecule has 110 valence electrons.